The van der Waals surface area contributed by atoms with Gasteiger partial charge >= 0.3 is 0 Å². The number of hydrogen-bond donors (Lipinski definition) is 0. The Morgan fingerprint density at radius 1 is 0.682 bits per heavy atom. The summed E-state index contributed by atoms with van der Waals surface area (Å²) < 4.78 is 21.0. The van der Waals surface area contributed by atoms with E-state index in [1.165, 1.54) is 55.8 Å². The largest absolute Gasteiger partial charge is 0.476 e. The van der Waals surface area contributed by atoms with Gasteiger partial charge in [-0.05, 0) is 103 Å². The molecule has 1 aliphatic carbocycles. The summed E-state index contributed by atoms with van der Waals surface area (Å²) in [5.41, 5.74) is 7.72. The zero-order valence-electron chi connectivity index (χ0n) is 26.0. The van der Waals surface area contributed by atoms with Crippen LogP contribution in [0.2, 0.25) is 0 Å². The molecule has 3 aromatic rings. The highest BCUT2D eigenvalue weighted by atomic mass is 16.7. The molecule has 0 N–H and O–H groups in total. The number of aryl methyl sites for hydroxylation is 2. The Morgan fingerprint density at radius 3 is 1.91 bits per heavy atom. The van der Waals surface area contributed by atoms with E-state index in [0.29, 0.717) is 19.3 Å². The van der Waals surface area contributed by atoms with Crippen LogP contribution in [0.4, 0.5) is 0 Å². The van der Waals surface area contributed by atoms with Crippen molar-refractivity contribution in [1.82, 2.24) is 0 Å². The molecule has 4 heteroatoms. The molecular weight excluding hydrogens is 544 g/mol. The predicted molar refractivity (Wildman–Crippen MR) is 177 cm³/mol. The Kier molecular flexibility index (Phi) is 13.7. The molecule has 0 amide bonds. The predicted octanol–water partition coefficient (Wildman–Crippen LogP) is 8.56. The highest BCUT2D eigenvalue weighted by Gasteiger charge is 2.21. The van der Waals surface area contributed by atoms with Crippen LogP contribution in [0.5, 0.6) is 0 Å². The highest BCUT2D eigenvalue weighted by Crippen LogP contribution is 2.32. The maximum atomic E-state index is 5.58. The van der Waals surface area contributed by atoms with E-state index in [1.807, 2.05) is 24.3 Å². The van der Waals surface area contributed by atoms with Gasteiger partial charge in [0.25, 0.3) is 0 Å². The van der Waals surface area contributed by atoms with Crippen molar-refractivity contribution in [3.05, 3.63) is 131 Å². The molecule has 44 heavy (non-hydrogen) atoms. The van der Waals surface area contributed by atoms with Crippen molar-refractivity contribution in [2.24, 2.45) is 11.8 Å². The van der Waals surface area contributed by atoms with Crippen LogP contribution in [-0.2, 0) is 38.4 Å². The minimum absolute atomic E-state index is 0.199. The van der Waals surface area contributed by atoms with Gasteiger partial charge in [-0.2, -0.15) is 0 Å². The molecule has 0 bridgehead atoms. The van der Waals surface area contributed by atoms with Gasteiger partial charge in [0.05, 0.1) is 25.7 Å². The Hall–Kier alpha value is -4.22. The maximum Gasteiger partial charge on any atom is 0.188 e. The van der Waals surface area contributed by atoms with Crippen molar-refractivity contribution in [1.29, 1.82) is 0 Å². The molecule has 1 fully saturated rings. The Balaban J connectivity index is 1.25. The van der Waals surface area contributed by atoms with Gasteiger partial charge < -0.3 is 18.9 Å². The maximum absolute atomic E-state index is 5.58. The Labute approximate surface area is 264 Å². The summed E-state index contributed by atoms with van der Waals surface area (Å²) >= 11 is 0. The first-order chi connectivity index (χ1) is 21.7. The molecular formula is C40H44O4. The van der Waals surface area contributed by atoms with E-state index in [2.05, 4.69) is 86.2 Å². The highest BCUT2D eigenvalue weighted by molar-refractivity contribution is 5.52. The van der Waals surface area contributed by atoms with Gasteiger partial charge in [-0.3, -0.25) is 0 Å². The van der Waals surface area contributed by atoms with E-state index in [0.717, 1.165) is 53.2 Å². The Bertz CT molecular complexity index is 1440. The summed E-state index contributed by atoms with van der Waals surface area (Å²) in [6, 6.07) is 23.1. The second-order valence-corrected chi connectivity index (χ2v) is 11.2. The van der Waals surface area contributed by atoms with Crippen LogP contribution in [-0.4, -0.2) is 20.2 Å². The van der Waals surface area contributed by atoms with Gasteiger partial charge in [0.15, 0.2) is 13.6 Å². The SMILES string of the molecule is C=COCOCc1ccc(C#Cc2ccc(C#Cc3ccc(CCC4CCC(COCOC=C)CC4)cc3)cc2CC)cc1. The fourth-order valence-electron chi connectivity index (χ4n) is 5.43. The van der Waals surface area contributed by atoms with Crippen LogP contribution in [0, 0.1) is 35.5 Å². The van der Waals surface area contributed by atoms with Crippen LogP contribution < -0.4 is 0 Å². The third-order valence-corrected chi connectivity index (χ3v) is 8.06. The molecule has 0 unspecified atom stereocenters. The van der Waals surface area contributed by atoms with E-state index in [9.17, 15) is 0 Å². The zero-order valence-corrected chi connectivity index (χ0v) is 26.0. The minimum atomic E-state index is 0.199. The average Bonchev–Trinajstić information content (AvgIpc) is 3.07. The summed E-state index contributed by atoms with van der Waals surface area (Å²) in [4.78, 5) is 0. The summed E-state index contributed by atoms with van der Waals surface area (Å²) in [5.74, 6) is 14.8. The summed E-state index contributed by atoms with van der Waals surface area (Å²) in [7, 11) is 0. The molecule has 0 aliphatic heterocycles. The number of ether oxygens (including phenoxy) is 4. The molecule has 3 aromatic carbocycles. The molecule has 0 atom stereocenters. The second kappa shape index (κ2) is 18.4. The van der Waals surface area contributed by atoms with Crippen LogP contribution in [0.3, 0.4) is 0 Å². The third kappa shape index (κ3) is 11.1. The lowest BCUT2D eigenvalue weighted by molar-refractivity contribution is -0.0322. The number of rotatable bonds is 14. The lowest BCUT2D eigenvalue weighted by atomic mass is 9.80. The van der Waals surface area contributed by atoms with E-state index in [-0.39, 0.29) is 6.79 Å². The summed E-state index contributed by atoms with van der Waals surface area (Å²) in [5, 5.41) is 0. The smallest absolute Gasteiger partial charge is 0.188 e. The number of hydrogen-bond acceptors (Lipinski definition) is 4. The molecule has 0 heterocycles. The quantitative estimate of drug-likeness (QED) is 0.0818. The van der Waals surface area contributed by atoms with Gasteiger partial charge in [0.1, 0.15) is 0 Å². The third-order valence-electron chi connectivity index (χ3n) is 8.06. The van der Waals surface area contributed by atoms with Crippen LogP contribution in [0.25, 0.3) is 0 Å². The molecule has 0 spiro atoms. The van der Waals surface area contributed by atoms with E-state index in [4.69, 9.17) is 18.9 Å². The van der Waals surface area contributed by atoms with Crippen molar-refractivity contribution in [3.8, 4) is 23.7 Å². The average molecular weight is 589 g/mol. The van der Waals surface area contributed by atoms with Crippen LogP contribution in [0.1, 0.15) is 78.0 Å². The normalized spacial score (nSPS) is 15.7. The molecule has 4 rings (SSSR count). The van der Waals surface area contributed by atoms with E-state index < -0.39 is 0 Å². The van der Waals surface area contributed by atoms with E-state index in [1.54, 1.807) is 0 Å². The molecule has 1 aliphatic rings. The standard InChI is InChI=1S/C40H44O4/c1-4-39-27-36(24-26-40(39)25-23-35-16-21-38(22-17-35)29-44-31-42-6-3)18-13-33-10-7-32(8-11-33)9-12-34-14-19-37(20-15-34)28-43-30-41-5-2/h5-8,10-11,16-17,21-22,24,26-27,34,37H,2-4,9,12,14-15,19-20,28-31H2,1H3. The summed E-state index contributed by atoms with van der Waals surface area (Å²) in [6.45, 7) is 11.0. The molecule has 0 saturated heterocycles. The fraction of sp³-hybridized carbons (Fsp3) is 0.350. The van der Waals surface area contributed by atoms with Crippen molar-refractivity contribution in [2.75, 3.05) is 20.2 Å². The lowest BCUT2D eigenvalue weighted by Crippen LogP contribution is -2.19. The van der Waals surface area contributed by atoms with Gasteiger partial charge in [0.2, 0.25) is 0 Å². The van der Waals surface area contributed by atoms with Crippen LogP contribution >= 0.6 is 0 Å². The molecule has 4 nitrogen and oxygen atoms in total. The first kappa shape index (κ1) is 32.7. The lowest BCUT2D eigenvalue weighted by Gasteiger charge is -2.28. The zero-order chi connectivity index (χ0) is 30.8. The first-order valence-electron chi connectivity index (χ1n) is 15.6. The first-order valence-corrected chi connectivity index (χ1v) is 15.6. The second-order valence-electron chi connectivity index (χ2n) is 11.2. The van der Waals surface area contributed by atoms with Crippen molar-refractivity contribution >= 4 is 0 Å². The topological polar surface area (TPSA) is 36.9 Å². The summed E-state index contributed by atoms with van der Waals surface area (Å²) in [6.07, 6.45) is 11.2. The monoisotopic (exact) mass is 588 g/mol. The van der Waals surface area contributed by atoms with Crippen molar-refractivity contribution in [2.45, 2.75) is 58.5 Å². The molecule has 1 saturated carbocycles. The van der Waals surface area contributed by atoms with Gasteiger partial charge in [-0.1, -0.05) is 80.9 Å². The number of benzene rings is 3. The minimum Gasteiger partial charge on any atom is -0.476 e. The molecule has 0 radical (unpaired) electrons. The molecule has 0 aromatic heterocycles. The van der Waals surface area contributed by atoms with Gasteiger partial charge in [0, 0.05) is 22.3 Å². The van der Waals surface area contributed by atoms with Crippen molar-refractivity contribution in [3.63, 3.8) is 0 Å². The van der Waals surface area contributed by atoms with Gasteiger partial charge in [-0.25, -0.2) is 0 Å². The van der Waals surface area contributed by atoms with Crippen LogP contribution in [0.15, 0.2) is 92.4 Å². The van der Waals surface area contributed by atoms with Crippen molar-refractivity contribution < 1.29 is 18.9 Å². The van der Waals surface area contributed by atoms with Gasteiger partial charge in [-0.15, -0.1) is 0 Å². The fourth-order valence-corrected chi connectivity index (χ4v) is 5.43. The Morgan fingerprint density at radius 2 is 1.25 bits per heavy atom. The van der Waals surface area contributed by atoms with E-state index >= 15 is 0 Å². The molecule has 228 valence electrons.